The third-order valence-electron chi connectivity index (χ3n) is 10.3. The molecule has 5 aliphatic rings. The molecule has 5 fully saturated rings. The maximum Gasteiger partial charge on any atom is 0.187 e. The summed E-state index contributed by atoms with van der Waals surface area (Å²) in [7, 11) is 0. The molecule has 0 radical (unpaired) electrons. The maximum atomic E-state index is 10.8. The molecule has 0 aliphatic carbocycles. The lowest BCUT2D eigenvalue weighted by molar-refractivity contribution is -0.299. The Morgan fingerprint density at radius 2 is 0.732 bits per heavy atom. The van der Waals surface area contributed by atoms with Crippen LogP contribution in [0, 0.1) is 0 Å². The summed E-state index contributed by atoms with van der Waals surface area (Å²) in [5, 5.41) is 173. The molecule has 56 heavy (non-hydrogen) atoms. The van der Waals surface area contributed by atoms with Gasteiger partial charge in [-0.3, -0.25) is 0 Å². The lowest BCUT2D eigenvalue weighted by atomic mass is 9.99. The number of aliphatic hydroxyl groups excluding tert-OH is 17. The van der Waals surface area contributed by atoms with Gasteiger partial charge in [0.05, 0.1) is 33.0 Å². The molecule has 5 aliphatic heterocycles. The highest BCUT2D eigenvalue weighted by atomic mass is 16.8. The number of ether oxygens (including phenoxy) is 9. The van der Waals surface area contributed by atoms with Gasteiger partial charge in [0.2, 0.25) is 0 Å². The Hall–Kier alpha value is -1.04. The van der Waals surface area contributed by atoms with Crippen molar-refractivity contribution in [3.63, 3.8) is 0 Å². The smallest absolute Gasteiger partial charge is 0.187 e. The number of aliphatic hydroxyl groups is 17. The van der Waals surface area contributed by atoms with E-state index in [0.717, 1.165) is 0 Å². The van der Waals surface area contributed by atoms with Crippen molar-refractivity contribution in [3.8, 4) is 0 Å². The van der Waals surface area contributed by atoms with Crippen LogP contribution in [0.5, 0.6) is 0 Å². The summed E-state index contributed by atoms with van der Waals surface area (Å²) in [6.07, 6.45) is -43.3. The Balaban J connectivity index is 1.17. The van der Waals surface area contributed by atoms with Gasteiger partial charge in [0.15, 0.2) is 31.5 Å². The van der Waals surface area contributed by atoms with E-state index in [-0.39, 0.29) is 0 Å². The highest BCUT2D eigenvalue weighted by Crippen LogP contribution is 2.35. The van der Waals surface area contributed by atoms with Crippen molar-refractivity contribution < 1.29 is 129 Å². The monoisotopic (exact) mass is 828 g/mol. The minimum Gasteiger partial charge on any atom is -0.394 e. The Kier molecular flexibility index (Phi) is 16.1. The number of rotatable bonds is 17. The molecular weight excluding hydrogens is 776 g/mol. The van der Waals surface area contributed by atoms with Crippen molar-refractivity contribution >= 4 is 0 Å². The fourth-order valence-corrected chi connectivity index (χ4v) is 6.95. The Morgan fingerprint density at radius 1 is 0.375 bits per heavy atom. The van der Waals surface area contributed by atoms with Crippen LogP contribution in [0.3, 0.4) is 0 Å². The Labute approximate surface area is 316 Å². The number of hydrogen-bond acceptors (Lipinski definition) is 26. The fraction of sp³-hybridized carbons (Fsp3) is 1.00. The summed E-state index contributed by atoms with van der Waals surface area (Å²) >= 11 is 0. The van der Waals surface area contributed by atoms with E-state index in [1.165, 1.54) is 0 Å². The molecule has 0 spiro atoms. The van der Waals surface area contributed by atoms with Gasteiger partial charge in [-0.15, -0.1) is 0 Å². The van der Waals surface area contributed by atoms with Crippen LogP contribution in [0.1, 0.15) is 0 Å². The quantitative estimate of drug-likeness (QED) is 0.0647. The van der Waals surface area contributed by atoms with Gasteiger partial charge in [-0.2, -0.15) is 0 Å². The molecule has 0 bridgehead atoms. The predicted molar refractivity (Wildman–Crippen MR) is 167 cm³/mol. The van der Waals surface area contributed by atoms with Gasteiger partial charge in [-0.1, -0.05) is 0 Å². The highest BCUT2D eigenvalue weighted by Gasteiger charge is 2.56. The van der Waals surface area contributed by atoms with Crippen molar-refractivity contribution in [2.45, 2.75) is 154 Å². The highest BCUT2D eigenvalue weighted by molar-refractivity contribution is 4.98. The normalized spacial score (nSPS) is 49.3. The molecule has 5 rings (SSSR count). The van der Waals surface area contributed by atoms with E-state index >= 15 is 0 Å². The topological polar surface area (TPSA) is 427 Å². The summed E-state index contributed by atoms with van der Waals surface area (Å²) in [5.74, 6) is 0. The van der Waals surface area contributed by atoms with Crippen molar-refractivity contribution in [3.05, 3.63) is 0 Å². The first kappa shape index (κ1) is 46.0. The minimum absolute atomic E-state index is 0.640. The van der Waals surface area contributed by atoms with Crippen molar-refractivity contribution in [2.24, 2.45) is 0 Å². The van der Waals surface area contributed by atoms with Crippen LogP contribution >= 0.6 is 0 Å². The Morgan fingerprint density at radius 3 is 1.12 bits per heavy atom. The zero-order valence-corrected chi connectivity index (χ0v) is 29.2. The van der Waals surface area contributed by atoms with Crippen molar-refractivity contribution in [1.29, 1.82) is 0 Å². The molecule has 25 atom stereocenters. The number of hydrogen-bond donors (Lipinski definition) is 17. The summed E-state index contributed by atoms with van der Waals surface area (Å²) in [4.78, 5) is 0. The van der Waals surface area contributed by atoms with Crippen LogP contribution in [0.25, 0.3) is 0 Å². The molecule has 17 N–H and O–H groups in total. The summed E-state index contributed by atoms with van der Waals surface area (Å²) in [6, 6.07) is 0. The van der Waals surface area contributed by atoms with Crippen molar-refractivity contribution in [2.75, 3.05) is 33.0 Å². The van der Waals surface area contributed by atoms with Crippen LogP contribution < -0.4 is 0 Å². The molecule has 0 saturated carbocycles. The van der Waals surface area contributed by atoms with Gasteiger partial charge in [0, 0.05) is 0 Å². The predicted octanol–water partition coefficient (Wildman–Crippen LogP) is -11.9. The van der Waals surface area contributed by atoms with Crippen LogP contribution in [-0.2, 0) is 42.6 Å². The molecule has 1 unspecified atom stereocenters. The van der Waals surface area contributed by atoms with Crippen molar-refractivity contribution in [1.82, 2.24) is 0 Å². The lowest BCUT2D eigenvalue weighted by Gasteiger charge is -2.38. The van der Waals surface area contributed by atoms with Gasteiger partial charge in [-0.25, -0.2) is 0 Å². The van der Waals surface area contributed by atoms with Gasteiger partial charge >= 0.3 is 0 Å². The molecule has 328 valence electrons. The molecule has 5 heterocycles. The van der Waals surface area contributed by atoms with Gasteiger partial charge in [0.25, 0.3) is 0 Å². The van der Waals surface area contributed by atoms with Gasteiger partial charge in [0.1, 0.15) is 122 Å². The fourth-order valence-electron chi connectivity index (χ4n) is 6.95. The van der Waals surface area contributed by atoms with Crippen LogP contribution in [0.4, 0.5) is 0 Å². The molecule has 26 nitrogen and oxygen atoms in total. The van der Waals surface area contributed by atoms with E-state index in [1.54, 1.807) is 0 Å². The van der Waals surface area contributed by atoms with E-state index in [1.807, 2.05) is 0 Å². The standard InChI is InChI=1S/C30H52O26/c31-1-6(35)22-13(38)19(44)28(53-22)50-8(3-33)24-15(40)21(46)30(55-24)52-9(4-34)25-16(41)20(45)29(56-25)51-7(2-32)23-14(39)18(43)27(54-23)48-5-10-11(36)12(37)17(42)26(47)49-10/h6-47H,1-5H2/t6-,7-,8-,9-,10-,11-,12+,13-,14-,15-,16-,17+,18-,19-,20-,21-,22+,23+,24+,25+,26?,27-,28-,29-,30-/m1/s1. The van der Waals surface area contributed by atoms with Gasteiger partial charge in [-0.05, 0) is 0 Å². The molecule has 0 aromatic heterocycles. The largest absolute Gasteiger partial charge is 0.394 e. The van der Waals surface area contributed by atoms with E-state index in [9.17, 15) is 81.7 Å². The molecule has 5 saturated heterocycles. The average molecular weight is 829 g/mol. The third-order valence-corrected chi connectivity index (χ3v) is 10.3. The second-order valence-corrected chi connectivity index (χ2v) is 14.0. The second kappa shape index (κ2) is 19.6. The first-order chi connectivity index (χ1) is 26.5. The van der Waals surface area contributed by atoms with Crippen LogP contribution in [0.2, 0.25) is 0 Å². The zero-order chi connectivity index (χ0) is 41.3. The summed E-state index contributed by atoms with van der Waals surface area (Å²) in [6.45, 7) is -4.33. The van der Waals surface area contributed by atoms with Crippen LogP contribution in [0.15, 0.2) is 0 Å². The Bertz CT molecular complexity index is 1210. The second-order valence-electron chi connectivity index (χ2n) is 14.0. The van der Waals surface area contributed by atoms with E-state index in [4.69, 9.17) is 47.7 Å². The maximum absolute atomic E-state index is 10.8. The zero-order valence-electron chi connectivity index (χ0n) is 29.2. The molecule has 26 heteroatoms. The lowest BCUT2D eigenvalue weighted by Crippen LogP contribution is -2.58. The van der Waals surface area contributed by atoms with E-state index in [2.05, 4.69) is 0 Å². The molecule has 0 aromatic carbocycles. The molecule has 0 amide bonds. The summed E-state index contributed by atoms with van der Waals surface area (Å²) < 4.78 is 48.8. The summed E-state index contributed by atoms with van der Waals surface area (Å²) in [5.41, 5.74) is 0. The SMILES string of the molecule is OC[C@@H](O)[C@@H]1O[C@@H](O[C@H](CO)[C@@H]2O[C@@H](O[C@H](CO)[C@@H]3O[C@@H](O[C@H](CO)[C@@H]4O[C@@H](OC[C@H]5OC(O)[C@@H](O)[C@@H](O)[C@@H]5O)[C@H](O)[C@H]4O)[C@H](O)[C@H]3O)[C@H](O)[C@H]2O)[C@H](O)[C@H]1O. The van der Waals surface area contributed by atoms with Gasteiger partial charge < -0.3 is 129 Å². The molecular formula is C30H52O26. The first-order valence-electron chi connectivity index (χ1n) is 17.6. The molecule has 0 aromatic rings. The van der Waals surface area contributed by atoms with Crippen LogP contribution in [-0.4, -0.2) is 273 Å². The third kappa shape index (κ3) is 9.31. The van der Waals surface area contributed by atoms with E-state index < -0.39 is 187 Å². The van der Waals surface area contributed by atoms with E-state index in [0.29, 0.717) is 0 Å². The first-order valence-corrected chi connectivity index (χ1v) is 17.6. The average Bonchev–Trinajstić information content (AvgIpc) is 3.84. The minimum atomic E-state index is -1.93.